The summed E-state index contributed by atoms with van der Waals surface area (Å²) in [6.07, 6.45) is 6.00. The molecule has 0 amide bonds. The first-order valence-corrected chi connectivity index (χ1v) is 6.87. The van der Waals surface area contributed by atoms with Crippen molar-refractivity contribution in [2.75, 3.05) is 13.2 Å². The predicted octanol–water partition coefficient (Wildman–Crippen LogP) is 2.86. The Morgan fingerprint density at radius 2 is 2.11 bits per heavy atom. The van der Waals surface area contributed by atoms with Gasteiger partial charge in [0.15, 0.2) is 0 Å². The van der Waals surface area contributed by atoms with Crippen LogP contribution in [0.25, 0.3) is 0 Å². The average molecular weight is 248 g/mol. The Morgan fingerprint density at radius 3 is 2.72 bits per heavy atom. The predicted molar refractivity (Wildman–Crippen MR) is 73.4 cm³/mol. The highest BCUT2D eigenvalue weighted by molar-refractivity contribution is 5.09. The molecule has 1 aromatic rings. The lowest BCUT2D eigenvalue weighted by atomic mass is 9.92. The summed E-state index contributed by atoms with van der Waals surface area (Å²) >= 11 is 0. The fraction of sp³-hybridized carbons (Fsp3) is 0.667. The average Bonchev–Trinajstić information content (AvgIpc) is 2.36. The van der Waals surface area contributed by atoms with Crippen molar-refractivity contribution in [1.29, 1.82) is 0 Å². The van der Waals surface area contributed by atoms with Gasteiger partial charge in [-0.15, -0.1) is 0 Å². The Kier molecular flexibility index (Phi) is 4.36. The zero-order chi connectivity index (χ0) is 13.0. The van der Waals surface area contributed by atoms with Crippen LogP contribution in [0, 0.1) is 0 Å². The van der Waals surface area contributed by atoms with E-state index in [4.69, 9.17) is 4.74 Å². The van der Waals surface area contributed by atoms with Crippen molar-refractivity contribution in [2.24, 2.45) is 0 Å². The molecular weight excluding hydrogens is 224 g/mol. The minimum Gasteiger partial charge on any atom is -0.375 e. The van der Waals surface area contributed by atoms with Gasteiger partial charge in [0.1, 0.15) is 0 Å². The van der Waals surface area contributed by atoms with Crippen LogP contribution in [0.1, 0.15) is 39.2 Å². The highest BCUT2D eigenvalue weighted by Crippen LogP contribution is 2.28. The molecule has 0 radical (unpaired) electrons. The van der Waals surface area contributed by atoms with Crippen molar-refractivity contribution in [1.82, 2.24) is 9.88 Å². The maximum absolute atomic E-state index is 5.80. The molecule has 1 aliphatic heterocycles. The number of aromatic nitrogens is 1. The van der Waals surface area contributed by atoms with E-state index >= 15 is 0 Å². The molecule has 0 N–H and O–H groups in total. The smallest absolute Gasteiger partial charge is 0.0641 e. The second-order valence-corrected chi connectivity index (χ2v) is 5.67. The Hall–Kier alpha value is -0.930. The molecule has 1 aliphatic rings. The summed E-state index contributed by atoms with van der Waals surface area (Å²) < 4.78 is 5.80. The van der Waals surface area contributed by atoms with E-state index in [1.54, 1.807) is 0 Å². The molecule has 1 unspecified atom stereocenters. The molecule has 100 valence electrons. The van der Waals surface area contributed by atoms with E-state index in [9.17, 15) is 0 Å². The third-order valence-corrected chi connectivity index (χ3v) is 3.73. The second kappa shape index (κ2) is 5.81. The lowest BCUT2D eigenvalue weighted by molar-refractivity contribution is -0.0838. The van der Waals surface area contributed by atoms with Gasteiger partial charge in [-0.1, -0.05) is 6.92 Å². The Bertz CT molecular complexity index is 364. The Morgan fingerprint density at radius 1 is 1.39 bits per heavy atom. The number of pyridine rings is 1. The minimum absolute atomic E-state index is 0.0224. The zero-order valence-corrected chi connectivity index (χ0v) is 11.7. The summed E-state index contributed by atoms with van der Waals surface area (Å²) in [6, 6.07) is 4.84. The van der Waals surface area contributed by atoms with Gasteiger partial charge in [-0.25, -0.2) is 0 Å². The third kappa shape index (κ3) is 3.53. The Labute approximate surface area is 110 Å². The monoisotopic (exact) mass is 248 g/mol. The molecular formula is C15H24N2O. The van der Waals surface area contributed by atoms with Crippen molar-refractivity contribution in [2.45, 2.75) is 51.8 Å². The van der Waals surface area contributed by atoms with Crippen molar-refractivity contribution in [3.8, 4) is 0 Å². The number of hydrogen-bond donors (Lipinski definition) is 0. The van der Waals surface area contributed by atoms with Gasteiger partial charge in [0.05, 0.1) is 5.60 Å². The molecule has 1 saturated heterocycles. The molecule has 0 bridgehead atoms. The van der Waals surface area contributed by atoms with Gasteiger partial charge in [-0.3, -0.25) is 9.88 Å². The van der Waals surface area contributed by atoms with Crippen LogP contribution in [0.4, 0.5) is 0 Å². The highest BCUT2D eigenvalue weighted by Gasteiger charge is 2.31. The molecule has 3 heteroatoms. The van der Waals surface area contributed by atoms with E-state index in [0.29, 0.717) is 6.04 Å². The Balaban J connectivity index is 2.00. The summed E-state index contributed by atoms with van der Waals surface area (Å²) in [4.78, 5) is 6.63. The molecule has 0 aromatic carbocycles. The maximum atomic E-state index is 5.80. The quantitative estimate of drug-likeness (QED) is 0.819. The van der Waals surface area contributed by atoms with Crippen molar-refractivity contribution in [3.63, 3.8) is 0 Å². The van der Waals surface area contributed by atoms with Gasteiger partial charge in [0, 0.05) is 31.6 Å². The summed E-state index contributed by atoms with van der Waals surface area (Å²) in [6.45, 7) is 9.61. The first kappa shape index (κ1) is 13.5. The largest absolute Gasteiger partial charge is 0.375 e. The van der Waals surface area contributed by atoms with Crippen LogP contribution in [0.15, 0.2) is 24.5 Å². The van der Waals surface area contributed by atoms with Gasteiger partial charge < -0.3 is 4.74 Å². The van der Waals surface area contributed by atoms with E-state index in [2.05, 4.69) is 42.8 Å². The minimum atomic E-state index is 0.0224. The number of nitrogens with zero attached hydrogens (tertiary/aromatic N) is 2. The van der Waals surface area contributed by atoms with Gasteiger partial charge >= 0.3 is 0 Å². The molecule has 2 rings (SSSR count). The lowest BCUT2D eigenvalue weighted by Gasteiger charge is -2.41. The zero-order valence-electron chi connectivity index (χ0n) is 11.7. The molecule has 18 heavy (non-hydrogen) atoms. The summed E-state index contributed by atoms with van der Waals surface area (Å²) in [5.41, 5.74) is 1.37. The molecule has 1 aromatic heterocycles. The van der Waals surface area contributed by atoms with Crippen molar-refractivity contribution >= 4 is 0 Å². The first-order chi connectivity index (χ1) is 8.61. The van der Waals surface area contributed by atoms with Crippen LogP contribution in [-0.4, -0.2) is 34.7 Å². The van der Waals surface area contributed by atoms with Crippen LogP contribution < -0.4 is 0 Å². The standard InChI is InChI=1S/C15H24N2O/c1-4-17(12-13-5-8-16-9-6-13)14-7-10-18-15(2,3)11-14/h5-6,8-9,14H,4,7,10-12H2,1-3H3. The van der Waals surface area contributed by atoms with E-state index in [0.717, 1.165) is 32.5 Å². The van der Waals surface area contributed by atoms with Crippen LogP contribution in [0.3, 0.4) is 0 Å². The molecule has 2 heterocycles. The summed E-state index contributed by atoms with van der Waals surface area (Å²) in [7, 11) is 0. The molecule has 3 nitrogen and oxygen atoms in total. The summed E-state index contributed by atoms with van der Waals surface area (Å²) in [5.74, 6) is 0. The highest BCUT2D eigenvalue weighted by atomic mass is 16.5. The van der Waals surface area contributed by atoms with Gasteiger partial charge in [-0.05, 0) is 50.9 Å². The second-order valence-electron chi connectivity index (χ2n) is 5.67. The fourth-order valence-electron chi connectivity index (χ4n) is 2.73. The van der Waals surface area contributed by atoms with Crippen molar-refractivity contribution in [3.05, 3.63) is 30.1 Å². The first-order valence-electron chi connectivity index (χ1n) is 6.87. The summed E-state index contributed by atoms with van der Waals surface area (Å²) in [5, 5.41) is 0. The van der Waals surface area contributed by atoms with E-state index in [-0.39, 0.29) is 5.60 Å². The van der Waals surface area contributed by atoms with Gasteiger partial charge in [-0.2, -0.15) is 0 Å². The number of ether oxygens (including phenoxy) is 1. The van der Waals surface area contributed by atoms with Gasteiger partial charge in [0.25, 0.3) is 0 Å². The topological polar surface area (TPSA) is 25.4 Å². The lowest BCUT2D eigenvalue weighted by Crippen LogP contribution is -2.45. The molecule has 0 aliphatic carbocycles. The number of hydrogen-bond acceptors (Lipinski definition) is 3. The third-order valence-electron chi connectivity index (χ3n) is 3.73. The van der Waals surface area contributed by atoms with E-state index in [1.807, 2.05) is 12.4 Å². The van der Waals surface area contributed by atoms with E-state index < -0.39 is 0 Å². The van der Waals surface area contributed by atoms with Crippen LogP contribution in [-0.2, 0) is 11.3 Å². The SMILES string of the molecule is CCN(Cc1ccncc1)C1CCOC(C)(C)C1. The molecule has 1 atom stereocenters. The van der Waals surface area contributed by atoms with Crippen LogP contribution >= 0.6 is 0 Å². The molecule has 0 saturated carbocycles. The fourth-order valence-corrected chi connectivity index (χ4v) is 2.73. The number of rotatable bonds is 4. The van der Waals surface area contributed by atoms with Crippen molar-refractivity contribution < 1.29 is 4.74 Å². The normalized spacial score (nSPS) is 23.2. The molecule has 0 spiro atoms. The maximum Gasteiger partial charge on any atom is 0.0641 e. The van der Waals surface area contributed by atoms with Crippen LogP contribution in [0.2, 0.25) is 0 Å². The van der Waals surface area contributed by atoms with Gasteiger partial charge in [0.2, 0.25) is 0 Å². The molecule has 1 fully saturated rings. The van der Waals surface area contributed by atoms with E-state index in [1.165, 1.54) is 5.56 Å². The van der Waals surface area contributed by atoms with Crippen LogP contribution in [0.5, 0.6) is 0 Å².